The predicted molar refractivity (Wildman–Crippen MR) is 131 cm³/mol. The van der Waals surface area contributed by atoms with Crippen molar-refractivity contribution in [1.82, 2.24) is 19.9 Å². The number of nitrogens with zero attached hydrogens (tertiary/aromatic N) is 5. The van der Waals surface area contributed by atoms with Gasteiger partial charge in [0.1, 0.15) is 17.5 Å². The van der Waals surface area contributed by atoms with Gasteiger partial charge in [-0.1, -0.05) is 0 Å². The fourth-order valence-corrected chi connectivity index (χ4v) is 4.22. The van der Waals surface area contributed by atoms with Gasteiger partial charge in [-0.3, -0.25) is 4.79 Å². The van der Waals surface area contributed by atoms with Crippen molar-refractivity contribution < 1.29 is 23.1 Å². The Labute approximate surface area is 206 Å². The average molecular weight is 504 g/mol. The van der Waals surface area contributed by atoms with Crippen LogP contribution < -0.4 is 16.0 Å². The molecule has 0 spiro atoms. The number of rotatable bonds is 5. The molecule has 1 aliphatic rings. The molecule has 1 saturated heterocycles. The van der Waals surface area contributed by atoms with Gasteiger partial charge in [0, 0.05) is 32.9 Å². The molecule has 2 aromatic heterocycles. The third-order valence-corrected chi connectivity index (χ3v) is 6.04. The molecule has 1 amide bonds. The number of alkyl halides is 3. The number of carbonyl (C=O) groups is 1. The summed E-state index contributed by atoms with van der Waals surface area (Å²) in [6, 6.07) is 4.44. The Kier molecular flexibility index (Phi) is 6.65. The number of fused-ring (bicyclic) bond motifs is 1. The van der Waals surface area contributed by atoms with E-state index in [1.165, 1.54) is 11.0 Å². The smallest absolute Gasteiger partial charge is 0.399 e. The molecular weight excluding hydrogens is 475 g/mol. The number of hydrogen-bond donors (Lipinski definition) is 3. The van der Waals surface area contributed by atoms with Crippen molar-refractivity contribution in [3.05, 3.63) is 46.8 Å². The number of anilines is 3. The third kappa shape index (κ3) is 5.13. The van der Waals surface area contributed by atoms with E-state index < -0.39 is 23.9 Å². The number of amides is 1. The SMILES string of the molecule is Cc1nc(N[C@H](C)c2cc(N)cc(C(F)(F)F)c2)c2cc(C(=O)N(C)C)c(N3CCC(O)C3)nc2n1. The highest BCUT2D eigenvalue weighted by Gasteiger charge is 2.32. The van der Waals surface area contributed by atoms with Gasteiger partial charge in [-0.25, -0.2) is 15.0 Å². The third-order valence-electron chi connectivity index (χ3n) is 6.04. The zero-order valence-electron chi connectivity index (χ0n) is 20.4. The second-order valence-corrected chi connectivity index (χ2v) is 9.19. The lowest BCUT2D eigenvalue weighted by Gasteiger charge is -2.23. The zero-order chi connectivity index (χ0) is 26.4. The number of aliphatic hydroxyl groups is 1. The topological polar surface area (TPSA) is 120 Å². The molecular formula is C24H28F3N7O2. The zero-order valence-corrected chi connectivity index (χ0v) is 20.4. The summed E-state index contributed by atoms with van der Waals surface area (Å²) in [5.41, 5.74) is 5.86. The van der Waals surface area contributed by atoms with E-state index in [2.05, 4.69) is 20.3 Å². The number of nitrogens with two attached hydrogens (primary N) is 1. The summed E-state index contributed by atoms with van der Waals surface area (Å²) >= 11 is 0. The van der Waals surface area contributed by atoms with E-state index >= 15 is 0 Å². The van der Waals surface area contributed by atoms with Gasteiger partial charge >= 0.3 is 6.18 Å². The Morgan fingerprint density at radius 3 is 2.56 bits per heavy atom. The summed E-state index contributed by atoms with van der Waals surface area (Å²) in [4.78, 5) is 29.9. The quantitative estimate of drug-likeness (QED) is 0.453. The molecule has 1 aromatic carbocycles. The molecule has 3 heterocycles. The maximum absolute atomic E-state index is 13.3. The maximum Gasteiger partial charge on any atom is 0.416 e. The number of nitrogen functional groups attached to an aromatic ring is 1. The van der Waals surface area contributed by atoms with Gasteiger partial charge in [-0.05, 0) is 50.1 Å². The summed E-state index contributed by atoms with van der Waals surface area (Å²) in [6.45, 7) is 4.25. The van der Waals surface area contributed by atoms with E-state index in [1.807, 2.05) is 4.90 Å². The Morgan fingerprint density at radius 1 is 1.22 bits per heavy atom. The Bertz CT molecular complexity index is 1310. The number of halogens is 3. The molecule has 1 unspecified atom stereocenters. The summed E-state index contributed by atoms with van der Waals surface area (Å²) in [5, 5.41) is 13.6. The van der Waals surface area contributed by atoms with Crippen molar-refractivity contribution in [2.45, 2.75) is 38.6 Å². The maximum atomic E-state index is 13.3. The number of pyridine rings is 1. The van der Waals surface area contributed by atoms with Crippen LogP contribution in [0.1, 0.15) is 46.7 Å². The monoisotopic (exact) mass is 503 g/mol. The van der Waals surface area contributed by atoms with Crippen molar-refractivity contribution in [1.29, 1.82) is 0 Å². The molecule has 2 atom stereocenters. The lowest BCUT2D eigenvalue weighted by molar-refractivity contribution is -0.137. The number of hydrogen-bond acceptors (Lipinski definition) is 8. The standard InChI is InChI=1S/C24H28F3N7O2/c1-12(14-7-15(24(25,26)27)9-16(28)8-14)29-20-18-10-19(23(36)33(3)4)22(34-6-5-17(35)11-34)32-21(18)31-13(2)30-20/h7-10,12,17,35H,5-6,11,28H2,1-4H3,(H,29,30,31,32)/t12-,17?/m1/s1. The van der Waals surface area contributed by atoms with Crippen LogP contribution in [0.4, 0.5) is 30.5 Å². The first kappa shape index (κ1) is 25.4. The number of carbonyl (C=O) groups excluding carboxylic acids is 1. The minimum atomic E-state index is -4.53. The number of β-amino-alcohol motifs (C(OH)–C–C–N with tert-alkyl or cyclic N) is 1. The first-order valence-corrected chi connectivity index (χ1v) is 11.4. The van der Waals surface area contributed by atoms with Crippen LogP contribution >= 0.6 is 0 Å². The molecule has 9 nitrogen and oxygen atoms in total. The second kappa shape index (κ2) is 9.41. The molecule has 192 valence electrons. The van der Waals surface area contributed by atoms with E-state index in [1.54, 1.807) is 34.0 Å². The van der Waals surface area contributed by atoms with Gasteiger partial charge < -0.3 is 26.0 Å². The average Bonchev–Trinajstić information content (AvgIpc) is 3.22. The van der Waals surface area contributed by atoms with Crippen LogP contribution in [0.25, 0.3) is 11.0 Å². The highest BCUT2D eigenvalue weighted by molar-refractivity contribution is 6.03. The van der Waals surface area contributed by atoms with Crippen LogP contribution in [-0.2, 0) is 6.18 Å². The summed E-state index contributed by atoms with van der Waals surface area (Å²) in [6.07, 6.45) is -4.50. The Balaban J connectivity index is 1.80. The van der Waals surface area contributed by atoms with E-state index in [4.69, 9.17) is 5.73 Å². The molecule has 0 bridgehead atoms. The molecule has 36 heavy (non-hydrogen) atoms. The molecule has 1 aliphatic heterocycles. The van der Waals surface area contributed by atoms with Gasteiger partial charge in [-0.15, -0.1) is 0 Å². The Morgan fingerprint density at radius 2 is 1.94 bits per heavy atom. The molecule has 0 saturated carbocycles. The summed E-state index contributed by atoms with van der Waals surface area (Å²) in [5.74, 6) is 0.855. The van der Waals surface area contributed by atoms with E-state index in [0.717, 1.165) is 12.1 Å². The van der Waals surface area contributed by atoms with Crippen LogP contribution in [0, 0.1) is 6.92 Å². The highest BCUT2D eigenvalue weighted by atomic mass is 19.4. The number of nitrogens with one attached hydrogen (secondary N) is 1. The predicted octanol–water partition coefficient (Wildman–Crippen LogP) is 3.38. The number of aromatic nitrogens is 3. The fourth-order valence-electron chi connectivity index (χ4n) is 4.22. The van der Waals surface area contributed by atoms with Gasteiger partial charge in [-0.2, -0.15) is 13.2 Å². The molecule has 1 fully saturated rings. The van der Waals surface area contributed by atoms with Crippen molar-refractivity contribution in [3.8, 4) is 0 Å². The minimum Gasteiger partial charge on any atom is -0.399 e. The first-order valence-electron chi connectivity index (χ1n) is 11.4. The summed E-state index contributed by atoms with van der Waals surface area (Å²) in [7, 11) is 3.25. The fraction of sp³-hybridized carbons (Fsp3) is 0.417. The van der Waals surface area contributed by atoms with Crippen molar-refractivity contribution >= 4 is 34.3 Å². The van der Waals surface area contributed by atoms with Gasteiger partial charge in [0.25, 0.3) is 5.91 Å². The number of aliphatic hydroxyl groups excluding tert-OH is 1. The van der Waals surface area contributed by atoms with E-state index in [0.29, 0.717) is 59.1 Å². The van der Waals surface area contributed by atoms with Gasteiger partial charge in [0.2, 0.25) is 0 Å². The molecule has 0 radical (unpaired) electrons. The van der Waals surface area contributed by atoms with E-state index in [-0.39, 0.29) is 11.6 Å². The van der Waals surface area contributed by atoms with Crippen LogP contribution in [0.2, 0.25) is 0 Å². The van der Waals surface area contributed by atoms with Crippen molar-refractivity contribution in [2.75, 3.05) is 43.1 Å². The van der Waals surface area contributed by atoms with Crippen LogP contribution in [0.15, 0.2) is 24.3 Å². The second-order valence-electron chi connectivity index (χ2n) is 9.19. The molecule has 12 heteroatoms. The number of benzene rings is 1. The lowest BCUT2D eigenvalue weighted by Crippen LogP contribution is -2.29. The van der Waals surface area contributed by atoms with Crippen LogP contribution in [0.5, 0.6) is 0 Å². The Hall–Kier alpha value is -3.67. The van der Waals surface area contributed by atoms with Crippen molar-refractivity contribution in [3.63, 3.8) is 0 Å². The number of aryl methyl sites for hydroxylation is 1. The normalized spacial score (nSPS) is 16.9. The molecule has 0 aliphatic carbocycles. The first-order chi connectivity index (χ1) is 16.8. The molecule has 3 aromatic rings. The van der Waals surface area contributed by atoms with Gasteiger partial charge in [0.05, 0.1) is 28.7 Å². The largest absolute Gasteiger partial charge is 0.416 e. The van der Waals surface area contributed by atoms with Gasteiger partial charge in [0.15, 0.2) is 5.65 Å². The molecule has 4 N–H and O–H groups in total. The van der Waals surface area contributed by atoms with Crippen molar-refractivity contribution in [2.24, 2.45) is 0 Å². The lowest BCUT2D eigenvalue weighted by atomic mass is 10.0. The van der Waals surface area contributed by atoms with E-state index in [9.17, 15) is 23.1 Å². The van der Waals surface area contributed by atoms with Crippen LogP contribution in [0.3, 0.4) is 0 Å². The highest BCUT2D eigenvalue weighted by Crippen LogP contribution is 2.35. The summed E-state index contributed by atoms with van der Waals surface area (Å²) < 4.78 is 39.9. The minimum absolute atomic E-state index is 0.00447. The molecule has 4 rings (SSSR count). The van der Waals surface area contributed by atoms with Crippen LogP contribution in [-0.4, -0.2) is 64.2 Å².